The molecule has 1 heterocycles. The summed E-state index contributed by atoms with van der Waals surface area (Å²) in [6, 6.07) is 19.1. The van der Waals surface area contributed by atoms with Gasteiger partial charge < -0.3 is 25.0 Å². The molecule has 3 aromatic carbocycles. The van der Waals surface area contributed by atoms with Gasteiger partial charge in [0.05, 0.1) is 19.6 Å². The second-order valence-electron chi connectivity index (χ2n) is 9.54. The molecule has 0 aromatic heterocycles. The summed E-state index contributed by atoms with van der Waals surface area (Å²) in [5, 5.41) is 12.8. The van der Waals surface area contributed by atoms with Crippen LogP contribution in [0.2, 0.25) is 5.02 Å². The van der Waals surface area contributed by atoms with E-state index in [4.69, 9.17) is 16.3 Å². The number of amides is 3. The quantitative estimate of drug-likeness (QED) is 0.422. The lowest BCUT2D eigenvalue weighted by Crippen LogP contribution is -2.63. The second-order valence-corrected chi connectivity index (χ2v) is 9.97. The van der Waals surface area contributed by atoms with Crippen molar-refractivity contribution in [1.82, 2.24) is 15.1 Å². The number of rotatable bonds is 8. The van der Waals surface area contributed by atoms with Crippen LogP contribution in [0.1, 0.15) is 50.7 Å². The van der Waals surface area contributed by atoms with E-state index in [2.05, 4.69) is 5.32 Å². The number of aryl methyl sites for hydroxylation is 1. The zero-order valence-electron chi connectivity index (χ0n) is 22.2. The molecule has 1 fully saturated rings. The first-order valence-corrected chi connectivity index (χ1v) is 13.2. The highest BCUT2D eigenvalue weighted by Gasteiger charge is 2.41. The highest BCUT2D eigenvalue weighted by atomic mass is 35.5. The van der Waals surface area contributed by atoms with E-state index in [-0.39, 0.29) is 19.5 Å². The number of ether oxygens (including phenoxy) is 1. The lowest BCUT2D eigenvalue weighted by molar-refractivity contribution is -0.138. The van der Waals surface area contributed by atoms with Crippen molar-refractivity contribution in [3.63, 3.8) is 0 Å². The zero-order valence-corrected chi connectivity index (χ0v) is 22.9. The summed E-state index contributed by atoms with van der Waals surface area (Å²) >= 11 is 6.01. The first-order valence-electron chi connectivity index (χ1n) is 12.8. The molecule has 1 aliphatic heterocycles. The molecule has 10 heteroatoms. The maximum Gasteiger partial charge on any atom is 0.305 e. The molecule has 2 N–H and O–H groups in total. The lowest BCUT2D eigenvalue weighted by Gasteiger charge is -2.43. The minimum atomic E-state index is -1.32. The predicted molar refractivity (Wildman–Crippen MR) is 149 cm³/mol. The number of hydrogen-bond donors (Lipinski definition) is 2. The molecule has 3 aromatic rings. The summed E-state index contributed by atoms with van der Waals surface area (Å²) in [7, 11) is 1.49. The molecular formula is C30H30ClN3O6. The molecule has 2 atom stereocenters. The van der Waals surface area contributed by atoms with E-state index in [1.54, 1.807) is 66.7 Å². The number of carbonyl (C=O) groups is 4. The average Bonchev–Trinajstić information content (AvgIpc) is 2.95. The summed E-state index contributed by atoms with van der Waals surface area (Å²) in [5.74, 6) is -2.21. The second kappa shape index (κ2) is 12.7. The van der Waals surface area contributed by atoms with Crippen LogP contribution in [-0.4, -0.2) is 65.0 Å². The predicted octanol–water partition coefficient (Wildman–Crippen LogP) is 4.30. The summed E-state index contributed by atoms with van der Waals surface area (Å²) in [5.41, 5.74) is 2.10. The number of nitrogens with zero attached hydrogens (tertiary/aromatic N) is 2. The SMILES string of the molecule is COc1cccc(C(=O)N2CCCN(C(=O)c3ccc(Cl)cc3)C2C(=O)NC(CC(=O)O)c2cccc(C)c2)c1. The lowest BCUT2D eigenvalue weighted by atomic mass is 10.0. The van der Waals surface area contributed by atoms with Crippen LogP contribution >= 0.6 is 11.6 Å². The molecule has 0 radical (unpaired) electrons. The van der Waals surface area contributed by atoms with Crippen molar-refractivity contribution in [2.45, 2.75) is 32.0 Å². The smallest absolute Gasteiger partial charge is 0.305 e. The Morgan fingerprint density at radius 2 is 1.60 bits per heavy atom. The number of carbonyl (C=O) groups excluding carboxylic acids is 3. The Morgan fingerprint density at radius 1 is 0.950 bits per heavy atom. The van der Waals surface area contributed by atoms with Gasteiger partial charge in [-0.1, -0.05) is 47.5 Å². The Balaban J connectivity index is 1.72. The maximum atomic E-state index is 14.0. The van der Waals surface area contributed by atoms with Gasteiger partial charge in [0.2, 0.25) is 0 Å². The number of hydrogen-bond acceptors (Lipinski definition) is 5. The van der Waals surface area contributed by atoms with Gasteiger partial charge in [0.1, 0.15) is 5.75 Å². The van der Waals surface area contributed by atoms with Crippen molar-refractivity contribution in [2.75, 3.05) is 20.2 Å². The summed E-state index contributed by atoms with van der Waals surface area (Å²) < 4.78 is 5.26. The Kier molecular flexibility index (Phi) is 9.06. The van der Waals surface area contributed by atoms with Crippen molar-refractivity contribution in [1.29, 1.82) is 0 Å². The van der Waals surface area contributed by atoms with Gasteiger partial charge in [0, 0.05) is 29.2 Å². The number of methoxy groups -OCH3 is 1. The molecular weight excluding hydrogens is 534 g/mol. The number of benzene rings is 3. The number of nitrogens with one attached hydrogen (secondary N) is 1. The Bertz CT molecular complexity index is 1410. The van der Waals surface area contributed by atoms with Crippen LogP contribution in [0, 0.1) is 6.92 Å². The molecule has 40 heavy (non-hydrogen) atoms. The number of aliphatic carboxylic acids is 1. The van der Waals surface area contributed by atoms with Crippen molar-refractivity contribution < 1.29 is 29.0 Å². The van der Waals surface area contributed by atoms with Crippen molar-refractivity contribution in [3.8, 4) is 5.75 Å². The Labute approximate surface area is 237 Å². The first-order chi connectivity index (χ1) is 19.2. The highest BCUT2D eigenvalue weighted by molar-refractivity contribution is 6.30. The molecule has 0 spiro atoms. The van der Waals surface area contributed by atoms with E-state index in [1.807, 2.05) is 13.0 Å². The first kappa shape index (κ1) is 28.6. The Morgan fingerprint density at radius 3 is 2.23 bits per heavy atom. The fourth-order valence-electron chi connectivity index (χ4n) is 4.77. The minimum absolute atomic E-state index is 0.215. The number of carboxylic acids is 1. The fraction of sp³-hybridized carbons (Fsp3) is 0.267. The van der Waals surface area contributed by atoms with E-state index in [1.165, 1.54) is 16.9 Å². The van der Waals surface area contributed by atoms with Crippen LogP contribution in [0.3, 0.4) is 0 Å². The highest BCUT2D eigenvalue weighted by Crippen LogP contribution is 2.25. The van der Waals surface area contributed by atoms with E-state index in [9.17, 15) is 24.3 Å². The van der Waals surface area contributed by atoms with Crippen LogP contribution in [0.4, 0.5) is 0 Å². The molecule has 208 valence electrons. The third-order valence-electron chi connectivity index (χ3n) is 6.69. The van der Waals surface area contributed by atoms with E-state index >= 15 is 0 Å². The molecule has 1 aliphatic rings. The largest absolute Gasteiger partial charge is 0.497 e. The summed E-state index contributed by atoms with van der Waals surface area (Å²) in [6.45, 7) is 2.30. The van der Waals surface area contributed by atoms with Crippen LogP contribution in [0.5, 0.6) is 5.75 Å². The molecule has 2 unspecified atom stereocenters. The van der Waals surface area contributed by atoms with Gasteiger partial charge in [-0.2, -0.15) is 0 Å². The van der Waals surface area contributed by atoms with Crippen LogP contribution in [0.15, 0.2) is 72.8 Å². The number of halogens is 1. The molecule has 1 saturated heterocycles. The maximum absolute atomic E-state index is 14.0. The molecule has 4 rings (SSSR count). The van der Waals surface area contributed by atoms with E-state index < -0.39 is 35.9 Å². The molecule has 0 aliphatic carbocycles. The minimum Gasteiger partial charge on any atom is -0.497 e. The average molecular weight is 564 g/mol. The van der Waals surface area contributed by atoms with E-state index in [0.29, 0.717) is 33.9 Å². The molecule has 0 saturated carbocycles. The monoisotopic (exact) mass is 563 g/mol. The molecule has 9 nitrogen and oxygen atoms in total. The topological polar surface area (TPSA) is 116 Å². The van der Waals surface area contributed by atoms with Crippen molar-refractivity contribution in [2.24, 2.45) is 0 Å². The summed E-state index contributed by atoms with van der Waals surface area (Å²) in [6.07, 6.45) is -1.26. The van der Waals surface area contributed by atoms with Gasteiger partial charge in [-0.25, -0.2) is 0 Å². The standard InChI is InChI=1S/C30H30ClN3O6/c1-19-6-3-7-21(16-19)25(18-26(35)36)32-27(37)28-33(29(38)20-10-12-23(31)13-11-20)14-5-15-34(28)30(39)22-8-4-9-24(17-22)40-2/h3-4,6-13,16-17,25,28H,5,14-15,18H2,1-2H3,(H,32,37)(H,35,36). The van der Waals surface area contributed by atoms with Crippen molar-refractivity contribution in [3.05, 3.63) is 100 Å². The third kappa shape index (κ3) is 6.60. The Hall–Kier alpha value is -4.37. The van der Waals surface area contributed by atoms with Gasteiger partial charge in [0.15, 0.2) is 6.17 Å². The van der Waals surface area contributed by atoms with Crippen LogP contribution in [-0.2, 0) is 9.59 Å². The fourth-order valence-corrected chi connectivity index (χ4v) is 4.90. The van der Waals surface area contributed by atoms with Crippen LogP contribution < -0.4 is 10.1 Å². The van der Waals surface area contributed by atoms with Crippen molar-refractivity contribution >= 4 is 35.3 Å². The van der Waals surface area contributed by atoms with Gasteiger partial charge in [-0.3, -0.25) is 19.2 Å². The summed E-state index contributed by atoms with van der Waals surface area (Å²) in [4.78, 5) is 55.8. The zero-order chi connectivity index (χ0) is 28.8. The van der Waals surface area contributed by atoms with Gasteiger partial charge >= 0.3 is 5.97 Å². The van der Waals surface area contributed by atoms with Crippen LogP contribution in [0.25, 0.3) is 0 Å². The van der Waals surface area contributed by atoms with Gasteiger partial charge in [0.25, 0.3) is 17.7 Å². The third-order valence-corrected chi connectivity index (χ3v) is 6.94. The van der Waals surface area contributed by atoms with E-state index in [0.717, 1.165) is 5.56 Å². The molecule has 0 bridgehead atoms. The normalized spacial score (nSPS) is 15.7. The van der Waals surface area contributed by atoms with Gasteiger partial charge in [-0.15, -0.1) is 0 Å². The number of carboxylic acid groups (broad SMARTS) is 1. The molecule has 3 amide bonds. The van der Waals surface area contributed by atoms with Gasteiger partial charge in [-0.05, 0) is 61.4 Å².